The van der Waals surface area contributed by atoms with Crippen LogP contribution in [0.4, 0.5) is 5.69 Å². The molecule has 0 aromatic heterocycles. The van der Waals surface area contributed by atoms with Crippen LogP contribution in [0.25, 0.3) is 6.08 Å². The lowest BCUT2D eigenvalue weighted by Gasteiger charge is -2.11. The van der Waals surface area contributed by atoms with E-state index in [0.29, 0.717) is 5.92 Å². The number of nitrogens with one attached hydrogen (secondary N) is 1. The molecular weight excluding hydrogens is 318 g/mol. The molecule has 1 rings (SSSR count). The first-order valence-electron chi connectivity index (χ1n) is 4.95. The number of halogens is 2. The van der Waals surface area contributed by atoms with Gasteiger partial charge in [0.1, 0.15) is 0 Å². The molecule has 0 atom stereocenters. The van der Waals surface area contributed by atoms with Crippen molar-refractivity contribution < 1.29 is 0 Å². The summed E-state index contributed by atoms with van der Waals surface area (Å²) in [6.45, 7) is 5.39. The maximum Gasteiger partial charge on any atom is 0.0610 e. The first kappa shape index (κ1) is 12.8. The molecule has 0 saturated carbocycles. The molecule has 0 radical (unpaired) electrons. The lowest BCUT2D eigenvalue weighted by Crippen LogP contribution is -2.08. The molecule has 1 N–H and O–H groups in total. The lowest BCUT2D eigenvalue weighted by atomic mass is 10.1. The molecule has 0 spiro atoms. The van der Waals surface area contributed by atoms with Gasteiger partial charge in [-0.25, -0.2) is 0 Å². The summed E-state index contributed by atoms with van der Waals surface area (Å²) in [4.78, 5) is 0. The smallest absolute Gasteiger partial charge is 0.0610 e. The second-order valence-electron chi connectivity index (χ2n) is 3.80. The van der Waals surface area contributed by atoms with Crippen LogP contribution in [0.15, 0.2) is 27.7 Å². The van der Waals surface area contributed by atoms with Crippen LogP contribution in [0.1, 0.15) is 19.4 Å². The second-order valence-corrected chi connectivity index (χ2v) is 6.57. The Hall–Kier alpha value is -0.280. The van der Waals surface area contributed by atoms with Gasteiger partial charge in [-0.3, -0.25) is 0 Å². The summed E-state index contributed by atoms with van der Waals surface area (Å²) in [5, 5.41) is 3.43. The highest BCUT2D eigenvalue weighted by Gasteiger charge is 2.00. The van der Waals surface area contributed by atoms with E-state index in [4.69, 9.17) is 0 Å². The number of rotatable bonds is 4. The molecule has 0 unspecified atom stereocenters. The van der Waals surface area contributed by atoms with Crippen molar-refractivity contribution in [1.82, 2.24) is 0 Å². The lowest BCUT2D eigenvalue weighted by molar-refractivity contribution is 0.689. The Labute approximate surface area is 108 Å². The van der Waals surface area contributed by atoms with Crippen LogP contribution in [-0.4, -0.2) is 6.54 Å². The molecule has 3 heteroatoms. The van der Waals surface area contributed by atoms with E-state index in [1.807, 2.05) is 18.2 Å². The predicted octanol–water partition coefficient (Wildman–Crippen LogP) is 4.84. The quantitative estimate of drug-likeness (QED) is 0.831. The van der Waals surface area contributed by atoms with E-state index in [2.05, 4.69) is 63.2 Å². The largest absolute Gasteiger partial charge is 0.384 e. The van der Waals surface area contributed by atoms with Crippen molar-refractivity contribution in [1.29, 1.82) is 0 Å². The third kappa shape index (κ3) is 4.85. The van der Waals surface area contributed by atoms with Crippen LogP contribution in [0.5, 0.6) is 0 Å². The van der Waals surface area contributed by atoms with E-state index >= 15 is 0 Å². The first-order chi connectivity index (χ1) is 7.09. The highest BCUT2D eigenvalue weighted by molar-refractivity contribution is 9.28. The Bertz CT molecular complexity index is 341. The summed E-state index contributed by atoms with van der Waals surface area (Å²) >= 11 is 6.75. The van der Waals surface area contributed by atoms with Crippen LogP contribution >= 0.6 is 31.9 Å². The Kier molecular flexibility index (Phi) is 5.40. The number of hydrogen-bond donors (Lipinski definition) is 1. The molecule has 1 aromatic rings. The van der Waals surface area contributed by atoms with Crippen molar-refractivity contribution in [3.8, 4) is 0 Å². The molecule has 0 saturated heterocycles. The van der Waals surface area contributed by atoms with E-state index in [1.165, 1.54) is 11.3 Å². The van der Waals surface area contributed by atoms with Crippen molar-refractivity contribution >= 4 is 43.6 Å². The van der Waals surface area contributed by atoms with Crippen LogP contribution in [-0.2, 0) is 0 Å². The van der Waals surface area contributed by atoms with Crippen molar-refractivity contribution in [2.75, 3.05) is 11.9 Å². The van der Waals surface area contributed by atoms with Gasteiger partial charge in [-0.05, 0) is 55.5 Å². The Balaban J connectivity index is 2.82. The van der Waals surface area contributed by atoms with Crippen molar-refractivity contribution in [3.05, 3.63) is 33.2 Å². The zero-order chi connectivity index (χ0) is 11.3. The number of hydrogen-bond acceptors (Lipinski definition) is 1. The summed E-state index contributed by atoms with van der Waals surface area (Å²) in [6, 6.07) is 8.26. The summed E-state index contributed by atoms with van der Waals surface area (Å²) in [7, 11) is 0. The van der Waals surface area contributed by atoms with Crippen LogP contribution < -0.4 is 5.32 Å². The molecule has 1 aromatic carbocycles. The minimum absolute atomic E-state index is 0.648. The minimum Gasteiger partial charge on any atom is -0.384 e. The highest BCUT2D eigenvalue weighted by atomic mass is 79.9. The van der Waals surface area contributed by atoms with Crippen LogP contribution in [0.3, 0.4) is 0 Å². The predicted molar refractivity (Wildman–Crippen MR) is 75.6 cm³/mol. The molecule has 0 heterocycles. The standard InChI is InChI=1S/C12H15Br2N/c1-9(2)8-15-11-6-4-3-5-10(11)7-12(13)14/h3-7,9,15H,8H2,1-2H3. The fraction of sp³-hybridized carbons (Fsp3) is 0.333. The maximum absolute atomic E-state index is 3.43. The monoisotopic (exact) mass is 331 g/mol. The Morgan fingerprint density at radius 2 is 2.00 bits per heavy atom. The fourth-order valence-corrected chi connectivity index (χ4v) is 1.71. The summed E-state index contributed by atoms with van der Waals surface area (Å²) in [5.74, 6) is 0.648. The van der Waals surface area contributed by atoms with Gasteiger partial charge in [0.25, 0.3) is 0 Å². The third-order valence-electron chi connectivity index (χ3n) is 1.93. The van der Waals surface area contributed by atoms with Gasteiger partial charge in [-0.15, -0.1) is 0 Å². The topological polar surface area (TPSA) is 12.0 Å². The number of anilines is 1. The van der Waals surface area contributed by atoms with E-state index in [9.17, 15) is 0 Å². The molecule has 0 aliphatic rings. The SMILES string of the molecule is CC(C)CNc1ccccc1C=C(Br)Br. The maximum atomic E-state index is 3.43. The summed E-state index contributed by atoms with van der Waals surface area (Å²) in [6.07, 6.45) is 2.04. The first-order valence-corrected chi connectivity index (χ1v) is 6.54. The molecule has 15 heavy (non-hydrogen) atoms. The van der Waals surface area contributed by atoms with Crippen molar-refractivity contribution in [3.63, 3.8) is 0 Å². The minimum atomic E-state index is 0.648. The summed E-state index contributed by atoms with van der Waals surface area (Å²) < 4.78 is 0.953. The van der Waals surface area contributed by atoms with E-state index < -0.39 is 0 Å². The number of para-hydroxylation sites is 1. The van der Waals surface area contributed by atoms with Crippen LogP contribution in [0.2, 0.25) is 0 Å². The van der Waals surface area contributed by atoms with E-state index in [0.717, 1.165) is 9.94 Å². The average molecular weight is 333 g/mol. The Morgan fingerprint density at radius 1 is 1.33 bits per heavy atom. The summed E-state index contributed by atoms with van der Waals surface area (Å²) in [5.41, 5.74) is 2.35. The highest BCUT2D eigenvalue weighted by Crippen LogP contribution is 2.23. The third-order valence-corrected chi connectivity index (χ3v) is 2.38. The normalized spacial score (nSPS) is 10.2. The van der Waals surface area contributed by atoms with E-state index in [-0.39, 0.29) is 0 Å². The van der Waals surface area contributed by atoms with Gasteiger partial charge < -0.3 is 5.32 Å². The molecule has 0 amide bonds. The zero-order valence-corrected chi connectivity index (χ0v) is 12.1. The molecule has 0 aliphatic heterocycles. The van der Waals surface area contributed by atoms with Crippen LogP contribution in [0, 0.1) is 5.92 Å². The number of benzene rings is 1. The van der Waals surface area contributed by atoms with Gasteiger partial charge in [0, 0.05) is 12.2 Å². The molecule has 82 valence electrons. The van der Waals surface area contributed by atoms with Crippen molar-refractivity contribution in [2.45, 2.75) is 13.8 Å². The zero-order valence-electron chi connectivity index (χ0n) is 8.93. The Morgan fingerprint density at radius 3 is 2.60 bits per heavy atom. The van der Waals surface area contributed by atoms with Gasteiger partial charge in [-0.2, -0.15) is 0 Å². The van der Waals surface area contributed by atoms with Crippen molar-refractivity contribution in [2.24, 2.45) is 5.92 Å². The van der Waals surface area contributed by atoms with Gasteiger partial charge in [0.2, 0.25) is 0 Å². The second kappa shape index (κ2) is 6.33. The van der Waals surface area contributed by atoms with Gasteiger partial charge in [-0.1, -0.05) is 32.0 Å². The molecular formula is C12H15Br2N. The molecule has 0 aliphatic carbocycles. The fourth-order valence-electron chi connectivity index (χ4n) is 1.22. The average Bonchev–Trinajstić information content (AvgIpc) is 2.15. The van der Waals surface area contributed by atoms with Gasteiger partial charge >= 0.3 is 0 Å². The molecule has 0 fully saturated rings. The van der Waals surface area contributed by atoms with Gasteiger partial charge in [0.15, 0.2) is 0 Å². The van der Waals surface area contributed by atoms with E-state index in [1.54, 1.807) is 0 Å². The molecule has 1 nitrogen and oxygen atoms in total. The van der Waals surface area contributed by atoms with Gasteiger partial charge in [0.05, 0.1) is 3.39 Å². The molecule has 0 bridgehead atoms.